The lowest BCUT2D eigenvalue weighted by Gasteiger charge is -2.22. The summed E-state index contributed by atoms with van der Waals surface area (Å²) in [5, 5.41) is 2.57. The van der Waals surface area contributed by atoms with Crippen molar-refractivity contribution >= 4 is 21.4 Å². The first-order valence-corrected chi connectivity index (χ1v) is 10.9. The maximum Gasteiger partial charge on any atom is 0.241 e. The molecular formula is C19H30N2O3S. The Labute approximate surface area is 151 Å². The van der Waals surface area contributed by atoms with Crippen LogP contribution in [0, 0.1) is 5.92 Å². The standard InChI is InChI=1S/C19H30N2O3S/c1-14(2)11-18(20)19(22)21-16-8-6-7-15(12-16)13-25(23,24)17-9-4-3-5-10-17/h6-8,12,14,17-18H,3-5,9-11,13,20H2,1-2H3,(H,21,22)/t18-/m0/s1. The van der Waals surface area contributed by atoms with Gasteiger partial charge in [-0.25, -0.2) is 8.42 Å². The van der Waals surface area contributed by atoms with Crippen LogP contribution >= 0.6 is 0 Å². The molecular weight excluding hydrogens is 336 g/mol. The Kier molecular flexibility index (Phi) is 7.02. The van der Waals surface area contributed by atoms with Crippen LogP contribution in [-0.4, -0.2) is 25.6 Å². The molecule has 1 atom stereocenters. The lowest BCUT2D eigenvalue weighted by molar-refractivity contribution is -0.117. The Morgan fingerprint density at radius 2 is 1.92 bits per heavy atom. The van der Waals surface area contributed by atoms with Gasteiger partial charge in [0.15, 0.2) is 9.84 Å². The third kappa shape index (κ3) is 6.12. The molecule has 1 aliphatic rings. The molecule has 5 nitrogen and oxygen atoms in total. The molecule has 0 spiro atoms. The first-order valence-electron chi connectivity index (χ1n) is 9.15. The van der Waals surface area contributed by atoms with Gasteiger partial charge in [-0.2, -0.15) is 0 Å². The van der Waals surface area contributed by atoms with Crippen LogP contribution in [0.4, 0.5) is 5.69 Å². The van der Waals surface area contributed by atoms with Gasteiger partial charge in [-0.1, -0.05) is 45.2 Å². The summed E-state index contributed by atoms with van der Waals surface area (Å²) >= 11 is 0. The Balaban J connectivity index is 2.02. The predicted molar refractivity (Wildman–Crippen MR) is 102 cm³/mol. The van der Waals surface area contributed by atoms with Crippen molar-refractivity contribution in [1.29, 1.82) is 0 Å². The smallest absolute Gasteiger partial charge is 0.241 e. The van der Waals surface area contributed by atoms with Crippen molar-refractivity contribution in [2.75, 3.05) is 5.32 Å². The summed E-state index contributed by atoms with van der Waals surface area (Å²) in [4.78, 5) is 12.1. The molecule has 0 unspecified atom stereocenters. The highest BCUT2D eigenvalue weighted by Gasteiger charge is 2.27. The fourth-order valence-corrected chi connectivity index (χ4v) is 5.29. The van der Waals surface area contributed by atoms with Crippen LogP contribution in [-0.2, 0) is 20.4 Å². The number of nitrogens with two attached hydrogens (primary N) is 1. The number of hydrogen-bond donors (Lipinski definition) is 2. The SMILES string of the molecule is CC(C)C[C@H](N)C(=O)Nc1cccc(CS(=O)(=O)C2CCCCC2)c1. The van der Waals surface area contributed by atoms with Crippen LogP contribution in [0.25, 0.3) is 0 Å². The molecule has 1 amide bonds. The third-order valence-corrected chi connectivity index (χ3v) is 6.91. The molecule has 140 valence electrons. The summed E-state index contributed by atoms with van der Waals surface area (Å²) in [6, 6.07) is 6.51. The van der Waals surface area contributed by atoms with Crippen molar-refractivity contribution in [3.8, 4) is 0 Å². The number of sulfone groups is 1. The van der Waals surface area contributed by atoms with Crippen molar-refractivity contribution in [1.82, 2.24) is 0 Å². The van der Waals surface area contributed by atoms with Crippen molar-refractivity contribution in [3.05, 3.63) is 29.8 Å². The van der Waals surface area contributed by atoms with E-state index in [1.165, 1.54) is 0 Å². The van der Waals surface area contributed by atoms with E-state index in [0.29, 0.717) is 23.6 Å². The van der Waals surface area contributed by atoms with Gasteiger partial charge in [0.25, 0.3) is 0 Å². The Hall–Kier alpha value is -1.40. The molecule has 1 saturated carbocycles. The molecule has 0 aliphatic heterocycles. The van der Waals surface area contributed by atoms with E-state index in [1.54, 1.807) is 24.3 Å². The maximum absolute atomic E-state index is 12.6. The number of carbonyl (C=O) groups is 1. The molecule has 1 aromatic rings. The van der Waals surface area contributed by atoms with Crippen LogP contribution in [0.2, 0.25) is 0 Å². The van der Waals surface area contributed by atoms with Gasteiger partial charge in [0, 0.05) is 5.69 Å². The number of amides is 1. The number of carbonyl (C=O) groups excluding carboxylic acids is 1. The number of nitrogens with one attached hydrogen (secondary N) is 1. The van der Waals surface area contributed by atoms with E-state index in [2.05, 4.69) is 5.32 Å². The molecule has 3 N–H and O–H groups in total. The normalized spacial score (nSPS) is 17.4. The quantitative estimate of drug-likeness (QED) is 0.775. The molecule has 25 heavy (non-hydrogen) atoms. The van der Waals surface area contributed by atoms with E-state index in [4.69, 9.17) is 5.73 Å². The monoisotopic (exact) mass is 366 g/mol. The number of rotatable bonds is 7. The number of anilines is 1. The average Bonchev–Trinajstić information content (AvgIpc) is 2.55. The van der Waals surface area contributed by atoms with Gasteiger partial charge in [0.1, 0.15) is 0 Å². The first kappa shape index (κ1) is 19.9. The molecule has 2 rings (SSSR count). The topological polar surface area (TPSA) is 89.3 Å². The van der Waals surface area contributed by atoms with Gasteiger partial charge in [0.05, 0.1) is 17.0 Å². The van der Waals surface area contributed by atoms with Crippen LogP contribution < -0.4 is 11.1 Å². The minimum absolute atomic E-state index is 0.0272. The minimum Gasteiger partial charge on any atom is -0.325 e. The van der Waals surface area contributed by atoms with Gasteiger partial charge in [-0.3, -0.25) is 4.79 Å². The fraction of sp³-hybridized carbons (Fsp3) is 0.632. The molecule has 0 saturated heterocycles. The van der Waals surface area contributed by atoms with Crippen LogP contribution in [0.1, 0.15) is 57.9 Å². The van der Waals surface area contributed by atoms with Crippen molar-refractivity contribution < 1.29 is 13.2 Å². The van der Waals surface area contributed by atoms with Gasteiger partial charge in [0.2, 0.25) is 5.91 Å². The average molecular weight is 367 g/mol. The maximum atomic E-state index is 12.6. The Bertz CT molecular complexity index is 680. The van der Waals surface area contributed by atoms with Crippen LogP contribution in [0.3, 0.4) is 0 Å². The van der Waals surface area contributed by atoms with Crippen molar-refractivity contribution in [2.24, 2.45) is 11.7 Å². The summed E-state index contributed by atoms with van der Waals surface area (Å²) in [6.07, 6.45) is 5.26. The zero-order valence-corrected chi connectivity index (χ0v) is 16.0. The van der Waals surface area contributed by atoms with E-state index >= 15 is 0 Å². The summed E-state index contributed by atoms with van der Waals surface area (Å²) in [5.41, 5.74) is 7.20. The van der Waals surface area contributed by atoms with Crippen LogP contribution in [0.15, 0.2) is 24.3 Å². The summed E-state index contributed by atoms with van der Waals surface area (Å²) in [5.74, 6) is 0.132. The van der Waals surface area contributed by atoms with E-state index in [9.17, 15) is 13.2 Å². The highest BCUT2D eigenvalue weighted by molar-refractivity contribution is 7.91. The van der Waals surface area contributed by atoms with Gasteiger partial charge in [-0.15, -0.1) is 0 Å². The highest BCUT2D eigenvalue weighted by atomic mass is 32.2. The molecule has 1 aromatic carbocycles. The second kappa shape index (κ2) is 8.81. The second-order valence-corrected chi connectivity index (χ2v) is 9.77. The summed E-state index contributed by atoms with van der Waals surface area (Å²) in [6.45, 7) is 4.04. The van der Waals surface area contributed by atoms with Crippen molar-refractivity contribution in [2.45, 2.75) is 69.4 Å². The molecule has 1 fully saturated rings. The summed E-state index contributed by atoms with van der Waals surface area (Å²) < 4.78 is 25.2. The van der Waals surface area contributed by atoms with E-state index in [1.807, 2.05) is 13.8 Å². The van der Waals surface area contributed by atoms with E-state index in [-0.39, 0.29) is 16.9 Å². The summed E-state index contributed by atoms with van der Waals surface area (Å²) in [7, 11) is -3.15. The first-order chi connectivity index (χ1) is 11.8. The van der Waals surface area contributed by atoms with Crippen LogP contribution in [0.5, 0.6) is 0 Å². The minimum atomic E-state index is -3.15. The predicted octanol–water partition coefficient (Wildman–Crippen LogP) is 3.25. The van der Waals surface area contributed by atoms with Gasteiger partial charge < -0.3 is 11.1 Å². The van der Waals surface area contributed by atoms with E-state index < -0.39 is 15.9 Å². The Morgan fingerprint density at radius 3 is 2.56 bits per heavy atom. The lowest BCUT2D eigenvalue weighted by Crippen LogP contribution is -2.36. The highest BCUT2D eigenvalue weighted by Crippen LogP contribution is 2.26. The number of hydrogen-bond acceptors (Lipinski definition) is 4. The fourth-order valence-electron chi connectivity index (χ4n) is 3.36. The lowest BCUT2D eigenvalue weighted by atomic mass is 10.0. The molecule has 0 aromatic heterocycles. The molecule has 0 radical (unpaired) electrons. The Morgan fingerprint density at radius 1 is 1.24 bits per heavy atom. The second-order valence-electron chi connectivity index (χ2n) is 7.49. The molecule has 0 heterocycles. The molecule has 0 bridgehead atoms. The zero-order valence-electron chi connectivity index (χ0n) is 15.2. The molecule has 1 aliphatic carbocycles. The molecule has 6 heteroatoms. The van der Waals surface area contributed by atoms with Gasteiger partial charge in [-0.05, 0) is 42.9 Å². The van der Waals surface area contributed by atoms with Gasteiger partial charge >= 0.3 is 0 Å². The number of benzene rings is 1. The largest absolute Gasteiger partial charge is 0.325 e. The van der Waals surface area contributed by atoms with Crippen molar-refractivity contribution in [3.63, 3.8) is 0 Å². The zero-order chi connectivity index (χ0) is 18.4. The van der Waals surface area contributed by atoms with E-state index in [0.717, 1.165) is 32.1 Å². The third-order valence-electron chi connectivity index (χ3n) is 4.68.